The molecule has 0 aromatic heterocycles. The van der Waals surface area contributed by atoms with E-state index in [2.05, 4.69) is 46.3 Å². The number of ether oxygens (including phenoxy) is 1. The maximum Gasteiger partial charge on any atom is 0.234 e. The Kier molecular flexibility index (Phi) is 6.45. The van der Waals surface area contributed by atoms with Gasteiger partial charge < -0.3 is 10.1 Å². The summed E-state index contributed by atoms with van der Waals surface area (Å²) in [5.41, 5.74) is 2.50. The Morgan fingerprint density at radius 3 is 2.40 bits per heavy atom. The Balaban J connectivity index is 1.47. The first kappa shape index (κ1) is 18.4. The van der Waals surface area contributed by atoms with Crippen molar-refractivity contribution >= 4 is 5.91 Å². The second-order valence-corrected chi connectivity index (χ2v) is 7.40. The first-order valence-electron chi connectivity index (χ1n) is 9.45. The van der Waals surface area contributed by atoms with E-state index in [-0.39, 0.29) is 11.9 Å². The second-order valence-electron chi connectivity index (χ2n) is 7.40. The fraction of sp³-hybridized carbons (Fsp3) is 0.650. The first-order chi connectivity index (χ1) is 12.2. The molecule has 1 aromatic rings. The highest BCUT2D eigenvalue weighted by atomic mass is 16.5. The molecule has 1 heterocycles. The molecule has 0 radical (unpaired) electrons. The minimum atomic E-state index is 0.155. The molecule has 2 fully saturated rings. The normalized spacial score (nSPS) is 20.4. The highest BCUT2D eigenvalue weighted by Gasteiger charge is 2.33. The van der Waals surface area contributed by atoms with Gasteiger partial charge >= 0.3 is 0 Å². The quantitative estimate of drug-likeness (QED) is 0.781. The number of methoxy groups -OCH3 is 1. The zero-order chi connectivity index (χ0) is 17.6. The summed E-state index contributed by atoms with van der Waals surface area (Å²) in [4.78, 5) is 17.2. The van der Waals surface area contributed by atoms with E-state index in [4.69, 9.17) is 4.74 Å². The maximum absolute atomic E-state index is 12.6. The number of hydrogen-bond acceptors (Lipinski definition) is 4. The van der Waals surface area contributed by atoms with E-state index in [1.54, 1.807) is 7.11 Å². The summed E-state index contributed by atoms with van der Waals surface area (Å²) in [6.07, 6.45) is 2.44. The summed E-state index contributed by atoms with van der Waals surface area (Å²) >= 11 is 0. The van der Waals surface area contributed by atoms with E-state index in [0.29, 0.717) is 12.5 Å². The number of nitrogens with zero attached hydrogens (tertiary/aromatic N) is 2. The second kappa shape index (κ2) is 8.79. The molecular weight excluding hydrogens is 314 g/mol. The van der Waals surface area contributed by atoms with Crippen molar-refractivity contribution in [3.8, 4) is 0 Å². The molecular formula is C20H31N3O2. The highest BCUT2D eigenvalue weighted by molar-refractivity contribution is 5.78. The van der Waals surface area contributed by atoms with E-state index in [1.807, 2.05) is 0 Å². The van der Waals surface area contributed by atoms with Crippen LogP contribution >= 0.6 is 0 Å². The van der Waals surface area contributed by atoms with Gasteiger partial charge in [-0.25, -0.2) is 0 Å². The monoisotopic (exact) mass is 345 g/mol. The van der Waals surface area contributed by atoms with Gasteiger partial charge in [0.15, 0.2) is 0 Å². The van der Waals surface area contributed by atoms with E-state index in [1.165, 1.54) is 24.0 Å². The first-order valence-corrected chi connectivity index (χ1v) is 9.45. The molecule has 1 aliphatic heterocycles. The van der Waals surface area contributed by atoms with Crippen LogP contribution in [-0.2, 0) is 9.53 Å². The van der Waals surface area contributed by atoms with Gasteiger partial charge in [0, 0.05) is 39.8 Å². The lowest BCUT2D eigenvalue weighted by atomic mass is 10.0. The van der Waals surface area contributed by atoms with Gasteiger partial charge in [-0.15, -0.1) is 0 Å². The predicted octanol–water partition coefficient (Wildman–Crippen LogP) is 1.83. The highest BCUT2D eigenvalue weighted by Crippen LogP contribution is 2.41. The zero-order valence-electron chi connectivity index (χ0n) is 15.5. The number of rotatable bonds is 8. The van der Waals surface area contributed by atoms with Crippen LogP contribution in [0.3, 0.4) is 0 Å². The van der Waals surface area contributed by atoms with Crippen molar-refractivity contribution in [3.63, 3.8) is 0 Å². The number of aryl methyl sites for hydroxylation is 1. The largest absolute Gasteiger partial charge is 0.383 e. The standard InChI is InChI=1S/C20H31N3O2/c1-16-3-5-17(6-4-16)20(18-7-8-18)21-19(24)15-23-11-9-22(10-12-23)13-14-25-2/h3-6,18,20H,7-15H2,1-2H3,(H,21,24)/t20-/m1/s1. The van der Waals surface area contributed by atoms with Crippen molar-refractivity contribution in [1.82, 2.24) is 15.1 Å². The van der Waals surface area contributed by atoms with Crippen LogP contribution in [0.25, 0.3) is 0 Å². The Morgan fingerprint density at radius 2 is 1.80 bits per heavy atom. The van der Waals surface area contributed by atoms with Gasteiger partial charge in [0.2, 0.25) is 5.91 Å². The van der Waals surface area contributed by atoms with Gasteiger partial charge in [0.25, 0.3) is 0 Å². The molecule has 1 saturated carbocycles. The number of carbonyl (C=O) groups is 1. The summed E-state index contributed by atoms with van der Waals surface area (Å²) < 4.78 is 5.14. The van der Waals surface area contributed by atoms with E-state index in [9.17, 15) is 4.79 Å². The summed E-state index contributed by atoms with van der Waals surface area (Å²) in [5.74, 6) is 0.764. The Morgan fingerprint density at radius 1 is 1.16 bits per heavy atom. The zero-order valence-corrected chi connectivity index (χ0v) is 15.5. The topological polar surface area (TPSA) is 44.8 Å². The van der Waals surface area contributed by atoms with Gasteiger partial charge in [-0.1, -0.05) is 29.8 Å². The average molecular weight is 345 g/mol. The third kappa shape index (κ3) is 5.53. The van der Waals surface area contributed by atoms with Crippen LogP contribution in [0.1, 0.15) is 30.0 Å². The smallest absolute Gasteiger partial charge is 0.234 e. The summed E-state index contributed by atoms with van der Waals surface area (Å²) in [5, 5.41) is 3.29. The van der Waals surface area contributed by atoms with Crippen molar-refractivity contribution in [1.29, 1.82) is 0 Å². The van der Waals surface area contributed by atoms with Gasteiger partial charge in [-0.05, 0) is 31.2 Å². The van der Waals surface area contributed by atoms with Crippen LogP contribution in [0.5, 0.6) is 0 Å². The fourth-order valence-electron chi connectivity index (χ4n) is 3.49. The third-order valence-electron chi connectivity index (χ3n) is 5.29. The van der Waals surface area contributed by atoms with Gasteiger partial charge in [0.05, 0.1) is 19.2 Å². The van der Waals surface area contributed by atoms with Crippen molar-refractivity contribution < 1.29 is 9.53 Å². The molecule has 1 amide bonds. The van der Waals surface area contributed by atoms with Gasteiger partial charge in [0.1, 0.15) is 0 Å². The maximum atomic E-state index is 12.6. The number of carbonyl (C=O) groups excluding carboxylic acids is 1. The molecule has 0 bridgehead atoms. The molecule has 1 saturated heterocycles. The van der Waals surface area contributed by atoms with Crippen LogP contribution in [0, 0.1) is 12.8 Å². The number of benzene rings is 1. The average Bonchev–Trinajstić information content (AvgIpc) is 3.45. The molecule has 0 unspecified atom stereocenters. The molecule has 3 rings (SSSR count). The molecule has 0 spiro atoms. The van der Waals surface area contributed by atoms with Crippen molar-refractivity contribution in [2.45, 2.75) is 25.8 Å². The number of amides is 1. The Hall–Kier alpha value is -1.43. The van der Waals surface area contributed by atoms with Crippen LogP contribution in [-0.4, -0.2) is 68.7 Å². The number of hydrogen-bond donors (Lipinski definition) is 1. The molecule has 1 atom stereocenters. The van der Waals surface area contributed by atoms with E-state index in [0.717, 1.165) is 39.3 Å². The molecule has 2 aliphatic rings. The molecule has 138 valence electrons. The van der Waals surface area contributed by atoms with E-state index >= 15 is 0 Å². The lowest BCUT2D eigenvalue weighted by Crippen LogP contribution is -2.50. The summed E-state index contributed by atoms with van der Waals surface area (Å²) in [6, 6.07) is 8.77. The Labute approximate surface area is 151 Å². The van der Waals surface area contributed by atoms with E-state index < -0.39 is 0 Å². The number of nitrogens with one attached hydrogen (secondary N) is 1. The molecule has 5 heteroatoms. The van der Waals surface area contributed by atoms with Crippen molar-refractivity contribution in [2.24, 2.45) is 5.92 Å². The fourth-order valence-corrected chi connectivity index (χ4v) is 3.49. The predicted molar refractivity (Wildman–Crippen MR) is 99.5 cm³/mol. The van der Waals surface area contributed by atoms with Crippen LogP contribution in [0.15, 0.2) is 24.3 Å². The minimum Gasteiger partial charge on any atom is -0.383 e. The summed E-state index contributed by atoms with van der Waals surface area (Å²) in [7, 11) is 1.74. The van der Waals surface area contributed by atoms with Crippen molar-refractivity contribution in [3.05, 3.63) is 35.4 Å². The van der Waals surface area contributed by atoms with Gasteiger partial charge in [-0.2, -0.15) is 0 Å². The lowest BCUT2D eigenvalue weighted by Gasteiger charge is -2.34. The van der Waals surface area contributed by atoms with Gasteiger partial charge in [-0.3, -0.25) is 14.6 Å². The molecule has 1 aliphatic carbocycles. The molecule has 25 heavy (non-hydrogen) atoms. The SMILES string of the molecule is COCCN1CCN(CC(=O)N[C@H](c2ccc(C)cc2)C2CC2)CC1. The Bertz CT molecular complexity index is 549. The van der Waals surface area contributed by atoms with Crippen LogP contribution in [0.4, 0.5) is 0 Å². The third-order valence-corrected chi connectivity index (χ3v) is 5.29. The minimum absolute atomic E-state index is 0.155. The molecule has 1 N–H and O–H groups in total. The van der Waals surface area contributed by atoms with Crippen LogP contribution < -0.4 is 5.32 Å². The lowest BCUT2D eigenvalue weighted by molar-refractivity contribution is -0.123. The van der Waals surface area contributed by atoms with Crippen LogP contribution in [0.2, 0.25) is 0 Å². The number of piperazine rings is 1. The summed E-state index contributed by atoms with van der Waals surface area (Å²) in [6.45, 7) is 8.30. The molecule has 5 nitrogen and oxygen atoms in total. The molecule has 1 aromatic carbocycles. The van der Waals surface area contributed by atoms with Crippen molar-refractivity contribution in [2.75, 3.05) is 53.0 Å².